The number of benzene rings is 3. The number of hydrogen-bond acceptors (Lipinski definition) is 14. The third kappa shape index (κ3) is 6.27. The van der Waals surface area contributed by atoms with Gasteiger partial charge in [0.15, 0.2) is 27.0 Å². The van der Waals surface area contributed by atoms with E-state index in [1.54, 1.807) is 18.2 Å². The fraction of sp³-hybridized carbons (Fsp3) is 0.120. The number of nitrogen functional groups attached to an aromatic ring is 1. The maximum Gasteiger partial charge on any atom is 0.397 e. The third-order valence-corrected chi connectivity index (χ3v) is 9.63. The van der Waals surface area contributed by atoms with Crippen molar-refractivity contribution in [3.8, 4) is 0 Å². The molecule has 2 aromatic heterocycles. The second-order valence-corrected chi connectivity index (χ2v) is 14.1. The van der Waals surface area contributed by atoms with Gasteiger partial charge in [-0.15, -0.1) is 15.3 Å². The van der Waals surface area contributed by atoms with E-state index in [2.05, 4.69) is 24.6 Å². The van der Waals surface area contributed by atoms with Crippen LogP contribution in [-0.4, -0.2) is 55.7 Å². The number of nitrogens with two attached hydrogens (primary N) is 1. The Morgan fingerprint density at radius 3 is 1.98 bits per heavy atom. The van der Waals surface area contributed by atoms with Gasteiger partial charge in [-0.3, -0.25) is 18.7 Å². The lowest BCUT2D eigenvalue weighted by molar-refractivity contribution is 0.284. The van der Waals surface area contributed by atoms with Crippen LogP contribution in [0.3, 0.4) is 0 Å². The summed E-state index contributed by atoms with van der Waals surface area (Å²) in [5.74, 6) is -1.11. The molecule has 0 saturated carbocycles. The second-order valence-electron chi connectivity index (χ2n) is 9.47. The van der Waals surface area contributed by atoms with Crippen molar-refractivity contribution >= 4 is 69.7 Å². The van der Waals surface area contributed by atoms with Gasteiger partial charge in [0, 0.05) is 10.8 Å². The standard InChI is InChI=1S/C25H21N7O11S3/c1-14-21(29-28-19-10-11-20(45(37,38)39)18-5-3-2-4-17(18)19)24(33)32-23(26)22(25(34)31(14)32)30-27-15-6-8-16(9-7-15)44(35,36)13-12-43-46(40,41)42/h2-11H,12-13,26H2,1H3,(H,37,38,39)(H,40,41,42). The molecule has 2 heterocycles. The highest BCUT2D eigenvalue weighted by atomic mass is 32.3. The summed E-state index contributed by atoms with van der Waals surface area (Å²) in [5.41, 5.74) is 4.12. The quantitative estimate of drug-likeness (QED) is 0.141. The monoisotopic (exact) mass is 691 g/mol. The lowest BCUT2D eigenvalue weighted by atomic mass is 10.1. The number of aromatic nitrogens is 2. The van der Waals surface area contributed by atoms with E-state index in [4.69, 9.17) is 10.3 Å². The van der Waals surface area contributed by atoms with Crippen LogP contribution >= 0.6 is 0 Å². The molecule has 0 fully saturated rings. The number of sulfone groups is 1. The van der Waals surface area contributed by atoms with E-state index in [0.717, 1.165) is 27.2 Å². The molecule has 5 aromatic rings. The third-order valence-electron chi connectivity index (χ3n) is 6.56. The molecule has 3 aromatic carbocycles. The minimum atomic E-state index is -4.80. The number of nitrogens with zero attached hydrogens (tertiary/aromatic N) is 6. The Hall–Kier alpha value is -4.93. The Labute approximate surface area is 259 Å². The predicted molar refractivity (Wildman–Crippen MR) is 162 cm³/mol. The molecule has 0 bridgehead atoms. The maximum atomic E-state index is 13.2. The first-order valence-corrected chi connectivity index (χ1v) is 17.1. The highest BCUT2D eigenvalue weighted by molar-refractivity contribution is 7.91. The first-order valence-electron chi connectivity index (χ1n) is 12.7. The molecule has 21 heteroatoms. The number of fused-ring (bicyclic) bond motifs is 2. The molecule has 0 unspecified atom stereocenters. The van der Waals surface area contributed by atoms with E-state index < -0.39 is 59.5 Å². The van der Waals surface area contributed by atoms with Crippen LogP contribution in [0.25, 0.3) is 10.8 Å². The smallest absolute Gasteiger partial charge is 0.382 e. The highest BCUT2D eigenvalue weighted by Crippen LogP contribution is 2.32. The number of anilines is 1. The zero-order valence-electron chi connectivity index (χ0n) is 23.2. The maximum absolute atomic E-state index is 13.2. The summed E-state index contributed by atoms with van der Waals surface area (Å²) in [5, 5.41) is 16.3. The van der Waals surface area contributed by atoms with Gasteiger partial charge in [-0.1, -0.05) is 24.3 Å². The van der Waals surface area contributed by atoms with E-state index in [-0.39, 0.29) is 43.8 Å². The average molecular weight is 692 g/mol. The molecule has 0 saturated heterocycles. The van der Waals surface area contributed by atoms with Crippen LogP contribution in [0, 0.1) is 6.92 Å². The molecule has 0 aliphatic rings. The second kappa shape index (κ2) is 11.8. The van der Waals surface area contributed by atoms with Crippen molar-refractivity contribution in [1.29, 1.82) is 0 Å². The van der Waals surface area contributed by atoms with E-state index >= 15 is 0 Å². The van der Waals surface area contributed by atoms with Crippen LogP contribution < -0.4 is 16.9 Å². The molecule has 18 nitrogen and oxygen atoms in total. The van der Waals surface area contributed by atoms with Crippen molar-refractivity contribution in [2.75, 3.05) is 18.1 Å². The Morgan fingerprint density at radius 2 is 1.37 bits per heavy atom. The SMILES string of the molecule is Cc1c(N=Nc2ccc(S(=O)(=O)O)c3ccccc23)c(=O)n2c(N)c(N=Nc3ccc(S(=O)(=O)CCOS(=O)(=O)O)cc3)c(=O)n12. The van der Waals surface area contributed by atoms with Gasteiger partial charge >= 0.3 is 21.5 Å². The summed E-state index contributed by atoms with van der Waals surface area (Å²) in [4.78, 5) is 25.8. The molecule has 0 aliphatic carbocycles. The molecule has 0 radical (unpaired) electrons. The molecule has 240 valence electrons. The van der Waals surface area contributed by atoms with Crippen LogP contribution in [0.4, 0.5) is 28.6 Å². The topological polar surface area (TPSA) is 271 Å². The van der Waals surface area contributed by atoms with E-state index in [1.165, 1.54) is 31.2 Å². The van der Waals surface area contributed by atoms with E-state index in [0.29, 0.717) is 5.39 Å². The summed E-state index contributed by atoms with van der Waals surface area (Å²) in [7, 11) is -13.3. The summed E-state index contributed by atoms with van der Waals surface area (Å²) < 4.78 is 93.4. The van der Waals surface area contributed by atoms with Gasteiger partial charge in [-0.05, 0) is 43.3 Å². The van der Waals surface area contributed by atoms with Gasteiger partial charge in [0.2, 0.25) is 0 Å². The van der Waals surface area contributed by atoms with Crippen molar-refractivity contribution in [3.05, 3.63) is 87.1 Å². The molecule has 4 N–H and O–H groups in total. The van der Waals surface area contributed by atoms with Crippen molar-refractivity contribution in [3.63, 3.8) is 0 Å². The predicted octanol–water partition coefficient (Wildman–Crippen LogP) is 2.91. The molecule has 0 amide bonds. The molecule has 0 spiro atoms. The number of hydrogen-bond donors (Lipinski definition) is 3. The summed E-state index contributed by atoms with van der Waals surface area (Å²) in [6.07, 6.45) is 0. The van der Waals surface area contributed by atoms with Gasteiger partial charge in [0.1, 0.15) is 4.90 Å². The van der Waals surface area contributed by atoms with E-state index in [9.17, 15) is 39.4 Å². The van der Waals surface area contributed by atoms with Crippen LogP contribution in [0.15, 0.2) is 101 Å². The van der Waals surface area contributed by atoms with Gasteiger partial charge in [0.05, 0.1) is 34.3 Å². The highest BCUT2D eigenvalue weighted by Gasteiger charge is 2.24. The van der Waals surface area contributed by atoms with Gasteiger partial charge in [-0.2, -0.15) is 26.5 Å². The molecule has 46 heavy (non-hydrogen) atoms. The van der Waals surface area contributed by atoms with Crippen LogP contribution in [0.1, 0.15) is 5.69 Å². The van der Waals surface area contributed by atoms with Crippen LogP contribution in [-0.2, 0) is 34.5 Å². The zero-order chi connectivity index (χ0) is 33.6. The summed E-state index contributed by atoms with van der Waals surface area (Å²) in [6.45, 7) is 0.610. The summed E-state index contributed by atoms with van der Waals surface area (Å²) in [6, 6.07) is 13.4. The van der Waals surface area contributed by atoms with Crippen LogP contribution in [0.2, 0.25) is 0 Å². The number of azo groups is 2. The molecular formula is C25H21N7O11S3. The molecule has 0 atom stereocenters. The normalized spacial score (nSPS) is 13.1. The lowest BCUT2D eigenvalue weighted by Gasteiger charge is -2.05. The van der Waals surface area contributed by atoms with E-state index in [1.807, 2.05) is 0 Å². The Balaban J connectivity index is 1.43. The Morgan fingerprint density at radius 1 is 0.761 bits per heavy atom. The number of aryl methyl sites for hydroxylation is 1. The van der Waals surface area contributed by atoms with Crippen molar-refractivity contribution in [2.45, 2.75) is 16.7 Å². The van der Waals surface area contributed by atoms with Gasteiger partial charge in [-0.25, -0.2) is 17.1 Å². The fourth-order valence-electron chi connectivity index (χ4n) is 4.44. The first-order chi connectivity index (χ1) is 21.5. The Bertz CT molecular complexity index is 2530. The largest absolute Gasteiger partial charge is 0.397 e. The first kappa shape index (κ1) is 32.5. The molecular weight excluding hydrogens is 671 g/mol. The minimum absolute atomic E-state index is 0.0540. The van der Waals surface area contributed by atoms with Gasteiger partial charge in [0.25, 0.3) is 10.1 Å². The van der Waals surface area contributed by atoms with Crippen molar-refractivity contribution < 1.29 is 38.5 Å². The fourth-order valence-corrected chi connectivity index (χ4v) is 6.63. The zero-order valence-corrected chi connectivity index (χ0v) is 25.7. The summed E-state index contributed by atoms with van der Waals surface area (Å²) >= 11 is 0. The van der Waals surface area contributed by atoms with Crippen molar-refractivity contribution in [1.82, 2.24) is 9.03 Å². The van der Waals surface area contributed by atoms with Crippen LogP contribution in [0.5, 0.6) is 0 Å². The van der Waals surface area contributed by atoms with Gasteiger partial charge < -0.3 is 5.73 Å². The minimum Gasteiger partial charge on any atom is -0.382 e. The Kier molecular flexibility index (Phi) is 8.31. The number of rotatable bonds is 10. The molecule has 5 rings (SSSR count). The lowest BCUT2D eigenvalue weighted by Crippen LogP contribution is -2.15. The van der Waals surface area contributed by atoms with Crippen molar-refractivity contribution in [2.24, 2.45) is 20.5 Å². The average Bonchev–Trinajstić information content (AvgIpc) is 3.38. The molecule has 0 aliphatic heterocycles.